The van der Waals surface area contributed by atoms with Gasteiger partial charge in [0.25, 0.3) is 5.91 Å². The summed E-state index contributed by atoms with van der Waals surface area (Å²) in [6, 6.07) is 11.3. The molecule has 1 amide bonds. The molecule has 0 saturated heterocycles. The molecule has 182 valence electrons. The van der Waals surface area contributed by atoms with Gasteiger partial charge in [-0.1, -0.05) is 35.9 Å². The molecule has 4 rings (SSSR count). The Morgan fingerprint density at radius 3 is 2.80 bits per heavy atom. The van der Waals surface area contributed by atoms with Gasteiger partial charge in [-0.15, -0.1) is 0 Å². The summed E-state index contributed by atoms with van der Waals surface area (Å²) >= 11 is 6.64. The number of pyridine rings is 1. The van der Waals surface area contributed by atoms with Crippen LogP contribution in [0.5, 0.6) is 0 Å². The molecule has 2 aliphatic heterocycles. The highest BCUT2D eigenvalue weighted by atomic mass is 35.5. The largest absolute Gasteiger partial charge is 0.293 e. The van der Waals surface area contributed by atoms with Crippen LogP contribution in [-0.4, -0.2) is 46.4 Å². The lowest BCUT2D eigenvalue weighted by Crippen LogP contribution is -2.42. The maximum absolute atomic E-state index is 13.5. The average Bonchev–Trinajstić information content (AvgIpc) is 3.30. The van der Waals surface area contributed by atoms with Crippen LogP contribution in [0.4, 0.5) is 0 Å². The van der Waals surface area contributed by atoms with E-state index in [1.165, 1.54) is 0 Å². The van der Waals surface area contributed by atoms with Gasteiger partial charge in [0, 0.05) is 46.6 Å². The van der Waals surface area contributed by atoms with Crippen LogP contribution in [0.3, 0.4) is 0 Å². The minimum Gasteiger partial charge on any atom is -0.293 e. The topological polar surface area (TPSA) is 91.2 Å². The van der Waals surface area contributed by atoms with Crippen molar-refractivity contribution in [2.45, 2.75) is 46.6 Å². The van der Waals surface area contributed by atoms with Gasteiger partial charge in [0.2, 0.25) is 0 Å². The molecule has 2 atom stereocenters. The minimum atomic E-state index is -0.264. The molecule has 0 bridgehead atoms. The van der Waals surface area contributed by atoms with Crippen molar-refractivity contribution in [2.24, 2.45) is 9.98 Å². The van der Waals surface area contributed by atoms with Gasteiger partial charge in [0.15, 0.2) is 12.1 Å². The predicted molar refractivity (Wildman–Crippen MR) is 139 cm³/mol. The van der Waals surface area contributed by atoms with E-state index in [1.54, 1.807) is 17.2 Å². The van der Waals surface area contributed by atoms with Crippen molar-refractivity contribution in [1.82, 2.24) is 20.7 Å². The van der Waals surface area contributed by atoms with Gasteiger partial charge in [-0.25, -0.2) is 20.3 Å². The number of rotatable bonds is 7. The molecular formula is C26H29ClN6O2. The van der Waals surface area contributed by atoms with Crippen molar-refractivity contribution in [3.05, 3.63) is 82.2 Å². The van der Waals surface area contributed by atoms with E-state index in [0.717, 1.165) is 16.8 Å². The van der Waals surface area contributed by atoms with Crippen LogP contribution in [0.25, 0.3) is 5.57 Å². The number of hydrogen-bond acceptors (Lipinski definition) is 7. The molecule has 0 spiro atoms. The van der Waals surface area contributed by atoms with E-state index in [4.69, 9.17) is 21.4 Å². The maximum Gasteiger partial charge on any atom is 0.260 e. The molecule has 9 heteroatoms. The third-order valence-corrected chi connectivity index (χ3v) is 6.02. The van der Waals surface area contributed by atoms with E-state index < -0.39 is 0 Å². The first-order valence-electron chi connectivity index (χ1n) is 11.6. The fourth-order valence-corrected chi connectivity index (χ4v) is 4.18. The van der Waals surface area contributed by atoms with Crippen LogP contribution in [0, 0.1) is 0 Å². The Kier molecular flexibility index (Phi) is 7.75. The van der Waals surface area contributed by atoms with Crippen molar-refractivity contribution in [2.75, 3.05) is 6.54 Å². The van der Waals surface area contributed by atoms with Gasteiger partial charge in [-0.3, -0.25) is 20.0 Å². The van der Waals surface area contributed by atoms with Crippen LogP contribution >= 0.6 is 11.6 Å². The van der Waals surface area contributed by atoms with E-state index in [1.807, 2.05) is 70.2 Å². The molecule has 0 aliphatic carbocycles. The zero-order chi connectivity index (χ0) is 24.9. The Labute approximate surface area is 210 Å². The van der Waals surface area contributed by atoms with Crippen LogP contribution in [0.15, 0.2) is 70.3 Å². The molecule has 0 saturated carbocycles. The number of nitrogens with zero attached hydrogens (tertiary/aromatic N) is 4. The first-order chi connectivity index (χ1) is 16.9. The number of hydroxylamine groups is 1. The van der Waals surface area contributed by atoms with Gasteiger partial charge >= 0.3 is 0 Å². The molecule has 2 unspecified atom stereocenters. The Bertz CT molecular complexity index is 1220. The second-order valence-electron chi connectivity index (χ2n) is 8.17. The number of likely N-dealkylation sites (N-methyl/N-ethyl adjacent to an activating group) is 1. The summed E-state index contributed by atoms with van der Waals surface area (Å²) in [6.45, 7) is 8.73. The first-order valence-corrected chi connectivity index (χ1v) is 12.0. The molecule has 35 heavy (non-hydrogen) atoms. The van der Waals surface area contributed by atoms with Gasteiger partial charge in [-0.2, -0.15) is 0 Å². The van der Waals surface area contributed by atoms with Crippen molar-refractivity contribution in [3.63, 3.8) is 0 Å². The van der Waals surface area contributed by atoms with Crippen molar-refractivity contribution < 1.29 is 9.63 Å². The van der Waals surface area contributed by atoms with E-state index in [0.29, 0.717) is 40.9 Å². The number of carbonyl (C=O) groups is 1. The molecule has 0 radical (unpaired) electrons. The number of nitrogens with one attached hydrogen (secondary N) is 2. The van der Waals surface area contributed by atoms with Crippen molar-refractivity contribution >= 4 is 34.8 Å². The Morgan fingerprint density at radius 2 is 2.17 bits per heavy atom. The third-order valence-electron chi connectivity index (χ3n) is 5.71. The van der Waals surface area contributed by atoms with E-state index >= 15 is 0 Å². The van der Waals surface area contributed by atoms with Gasteiger partial charge in [0.05, 0.1) is 11.9 Å². The van der Waals surface area contributed by atoms with Crippen LogP contribution in [0.2, 0.25) is 5.02 Å². The second kappa shape index (κ2) is 10.9. The molecule has 2 N–H and O–H groups in total. The number of carbonyl (C=O) groups excluding carboxylic acids is 1. The maximum atomic E-state index is 13.5. The molecule has 2 aliphatic rings. The third kappa shape index (κ3) is 5.51. The zero-order valence-electron chi connectivity index (χ0n) is 20.2. The Hall–Kier alpha value is -3.33. The number of hydrogen-bond donors (Lipinski definition) is 2. The SMILES string of the molecule is C/C=C1/C=C(c2ccc(C3=NC(C)ON3)cc2Cl)C(=O)N(CC)/C1=N/C(C)NCc1ccccn1. The lowest BCUT2D eigenvalue weighted by molar-refractivity contribution is -0.121. The van der Waals surface area contributed by atoms with Crippen LogP contribution < -0.4 is 10.8 Å². The normalized spacial score (nSPS) is 21.2. The lowest BCUT2D eigenvalue weighted by Gasteiger charge is -2.30. The van der Waals surface area contributed by atoms with Crippen LogP contribution in [0.1, 0.15) is 44.5 Å². The van der Waals surface area contributed by atoms with Gasteiger partial charge in [-0.05, 0) is 52.0 Å². The van der Waals surface area contributed by atoms with E-state index in [9.17, 15) is 4.79 Å². The molecule has 1 aromatic heterocycles. The predicted octanol–water partition coefficient (Wildman–Crippen LogP) is 4.09. The molecule has 1 aromatic carbocycles. The molecule has 0 fully saturated rings. The lowest BCUT2D eigenvalue weighted by atomic mass is 9.95. The first kappa shape index (κ1) is 24.8. The summed E-state index contributed by atoms with van der Waals surface area (Å²) in [5.41, 5.74) is 6.56. The number of amidine groups is 2. The molecule has 8 nitrogen and oxygen atoms in total. The second-order valence-corrected chi connectivity index (χ2v) is 8.58. The summed E-state index contributed by atoms with van der Waals surface area (Å²) in [7, 11) is 0. The number of aliphatic imine (C=N–C) groups is 2. The number of halogens is 1. The summed E-state index contributed by atoms with van der Waals surface area (Å²) < 4.78 is 0. The van der Waals surface area contributed by atoms with E-state index in [2.05, 4.69) is 20.8 Å². The monoisotopic (exact) mass is 492 g/mol. The minimum absolute atomic E-state index is 0.142. The van der Waals surface area contributed by atoms with Crippen LogP contribution in [-0.2, 0) is 16.2 Å². The summed E-state index contributed by atoms with van der Waals surface area (Å²) in [5, 5.41) is 3.82. The molecular weight excluding hydrogens is 464 g/mol. The number of aromatic nitrogens is 1. The standard InChI is InChI=1S/C26H29ClN6O2/c1-5-18-13-22(21-11-10-19(14-23(21)27)24-31-17(4)35-32-24)26(34)33(6-2)25(18)30-16(3)29-15-20-9-7-8-12-28-20/h5,7-14,16-17,29H,6,15H2,1-4H3,(H,31,32)/b18-5-,30-25+. The molecule has 3 heterocycles. The highest BCUT2D eigenvalue weighted by Gasteiger charge is 2.31. The molecule has 2 aromatic rings. The highest BCUT2D eigenvalue weighted by molar-refractivity contribution is 6.37. The summed E-state index contributed by atoms with van der Waals surface area (Å²) in [5.74, 6) is 1.10. The zero-order valence-corrected chi connectivity index (χ0v) is 21.0. The fourth-order valence-electron chi connectivity index (χ4n) is 3.90. The average molecular weight is 493 g/mol. The summed E-state index contributed by atoms with van der Waals surface area (Å²) in [6.07, 6.45) is 5.10. The smallest absolute Gasteiger partial charge is 0.260 e. The van der Waals surface area contributed by atoms with Crippen molar-refractivity contribution in [3.8, 4) is 0 Å². The highest BCUT2D eigenvalue weighted by Crippen LogP contribution is 2.32. The van der Waals surface area contributed by atoms with E-state index in [-0.39, 0.29) is 18.3 Å². The summed E-state index contributed by atoms with van der Waals surface area (Å²) in [4.78, 5) is 34.0. The fraction of sp³-hybridized carbons (Fsp3) is 0.308. The Morgan fingerprint density at radius 1 is 1.34 bits per heavy atom. The van der Waals surface area contributed by atoms with Gasteiger partial charge < -0.3 is 0 Å². The number of amides is 1. The number of allylic oxidation sites excluding steroid dienone is 1. The quantitative estimate of drug-likeness (QED) is 0.607. The van der Waals surface area contributed by atoms with Crippen molar-refractivity contribution in [1.29, 1.82) is 0 Å². The van der Waals surface area contributed by atoms with Gasteiger partial charge in [0.1, 0.15) is 5.84 Å². The number of benzene rings is 1. The Balaban J connectivity index is 1.61.